The Balaban J connectivity index is 1.87. The highest BCUT2D eigenvalue weighted by atomic mass is 35.5. The maximum atomic E-state index is 11.8. The molecule has 1 aromatic heterocycles. The van der Waals surface area contributed by atoms with Crippen LogP contribution < -0.4 is 5.32 Å². The monoisotopic (exact) mass is 293 g/mol. The van der Waals surface area contributed by atoms with Crippen LogP contribution >= 0.6 is 11.6 Å². The van der Waals surface area contributed by atoms with Gasteiger partial charge in [-0.25, -0.2) is 4.98 Å². The molecule has 0 spiro atoms. The minimum Gasteiger partial charge on any atom is -0.339 e. The second-order valence-corrected chi connectivity index (χ2v) is 5.00. The first-order chi connectivity index (χ1) is 9.65. The molecule has 106 valence electrons. The predicted molar refractivity (Wildman–Crippen MR) is 77.4 cm³/mol. The molecule has 0 radical (unpaired) electrons. The van der Waals surface area contributed by atoms with Crippen molar-refractivity contribution >= 4 is 29.2 Å². The van der Waals surface area contributed by atoms with Crippen molar-refractivity contribution < 1.29 is 9.59 Å². The summed E-state index contributed by atoms with van der Waals surface area (Å²) < 4.78 is 0. The summed E-state index contributed by atoms with van der Waals surface area (Å²) in [6, 6.07) is 3.16. The van der Waals surface area contributed by atoms with E-state index in [1.165, 1.54) is 18.3 Å². The number of carbonyl (C=O) groups excluding carboxylic acids is 2. The molecule has 0 unspecified atom stereocenters. The third-order valence-electron chi connectivity index (χ3n) is 3.02. The molecule has 0 atom stereocenters. The van der Waals surface area contributed by atoms with Crippen molar-refractivity contribution in [2.45, 2.75) is 19.3 Å². The lowest BCUT2D eigenvalue weighted by molar-refractivity contribution is -0.127. The van der Waals surface area contributed by atoms with Gasteiger partial charge in [-0.2, -0.15) is 0 Å². The number of halogens is 1. The van der Waals surface area contributed by atoms with Gasteiger partial charge in [0.15, 0.2) is 0 Å². The molecular weight excluding hydrogens is 278 g/mol. The average molecular weight is 294 g/mol. The van der Waals surface area contributed by atoms with Crippen LogP contribution in [0, 0.1) is 0 Å². The number of nitrogens with one attached hydrogen (secondary N) is 1. The van der Waals surface area contributed by atoms with Crippen molar-refractivity contribution in [1.82, 2.24) is 9.88 Å². The molecule has 5 nitrogen and oxygen atoms in total. The van der Waals surface area contributed by atoms with E-state index in [0.29, 0.717) is 10.8 Å². The van der Waals surface area contributed by atoms with Crippen molar-refractivity contribution in [3.05, 3.63) is 35.5 Å². The fraction of sp³-hybridized carbons (Fsp3) is 0.357. The lowest BCUT2D eigenvalue weighted by Gasteiger charge is -2.25. The number of hydrogen-bond donors (Lipinski definition) is 1. The predicted octanol–water partition coefficient (Wildman–Crippen LogP) is 2.24. The number of hydrogen-bond acceptors (Lipinski definition) is 3. The maximum Gasteiger partial charge on any atom is 0.249 e. The quantitative estimate of drug-likeness (QED) is 0.870. The van der Waals surface area contributed by atoms with Gasteiger partial charge in [-0.05, 0) is 31.4 Å². The summed E-state index contributed by atoms with van der Waals surface area (Å²) in [6.45, 7) is 1.53. The molecule has 1 aliphatic heterocycles. The van der Waals surface area contributed by atoms with E-state index in [4.69, 9.17) is 11.6 Å². The van der Waals surface area contributed by atoms with Crippen molar-refractivity contribution in [3.63, 3.8) is 0 Å². The van der Waals surface area contributed by atoms with Crippen molar-refractivity contribution in [2.24, 2.45) is 0 Å². The molecule has 0 bridgehead atoms. The fourth-order valence-electron chi connectivity index (χ4n) is 2.01. The first kappa shape index (κ1) is 14.5. The van der Waals surface area contributed by atoms with E-state index in [9.17, 15) is 9.59 Å². The number of anilines is 1. The van der Waals surface area contributed by atoms with Gasteiger partial charge >= 0.3 is 0 Å². The summed E-state index contributed by atoms with van der Waals surface area (Å²) in [5.74, 6) is -0.165. The summed E-state index contributed by atoms with van der Waals surface area (Å²) >= 11 is 5.79. The zero-order chi connectivity index (χ0) is 14.4. The molecular formula is C14H16ClN3O2. The number of likely N-dealkylation sites (tertiary alicyclic amines) is 1. The van der Waals surface area contributed by atoms with E-state index < -0.39 is 5.91 Å². The Morgan fingerprint density at radius 1 is 1.25 bits per heavy atom. The molecule has 2 rings (SSSR count). The number of aromatic nitrogens is 1. The average Bonchev–Trinajstić information content (AvgIpc) is 2.46. The zero-order valence-corrected chi connectivity index (χ0v) is 11.8. The molecule has 2 heterocycles. The largest absolute Gasteiger partial charge is 0.339 e. The smallest absolute Gasteiger partial charge is 0.249 e. The molecule has 1 fully saturated rings. The zero-order valence-electron chi connectivity index (χ0n) is 11.0. The number of nitrogens with zero attached hydrogens (tertiary/aromatic N) is 2. The number of pyridine rings is 1. The topological polar surface area (TPSA) is 62.3 Å². The van der Waals surface area contributed by atoms with Gasteiger partial charge in [-0.3, -0.25) is 9.59 Å². The van der Waals surface area contributed by atoms with E-state index >= 15 is 0 Å². The third kappa shape index (κ3) is 4.35. The lowest BCUT2D eigenvalue weighted by atomic mass is 10.1. The molecule has 0 aromatic carbocycles. The summed E-state index contributed by atoms with van der Waals surface area (Å²) in [4.78, 5) is 29.2. The fourth-order valence-corrected chi connectivity index (χ4v) is 2.17. The van der Waals surface area contributed by atoms with E-state index in [1.807, 2.05) is 0 Å². The lowest BCUT2D eigenvalue weighted by Crippen LogP contribution is -2.34. The van der Waals surface area contributed by atoms with Gasteiger partial charge in [-0.15, -0.1) is 0 Å². The summed E-state index contributed by atoms with van der Waals surface area (Å²) in [5.41, 5.74) is 0. The molecule has 1 aromatic rings. The molecule has 0 aliphatic carbocycles. The molecule has 20 heavy (non-hydrogen) atoms. The van der Waals surface area contributed by atoms with Crippen LogP contribution in [-0.4, -0.2) is 34.8 Å². The van der Waals surface area contributed by atoms with E-state index in [1.54, 1.807) is 17.0 Å². The van der Waals surface area contributed by atoms with Gasteiger partial charge < -0.3 is 10.2 Å². The molecule has 2 amide bonds. The normalized spacial score (nSPS) is 15.3. The number of amides is 2. The molecule has 0 saturated carbocycles. The van der Waals surface area contributed by atoms with Crippen molar-refractivity contribution in [3.8, 4) is 0 Å². The van der Waals surface area contributed by atoms with Crippen LogP contribution in [0.25, 0.3) is 0 Å². The maximum absolute atomic E-state index is 11.8. The van der Waals surface area contributed by atoms with Gasteiger partial charge in [0, 0.05) is 36.5 Å². The SMILES string of the molecule is O=C(C=CC(=O)N1CCCCC1)Nc1cc(Cl)ccn1. The van der Waals surface area contributed by atoms with Crippen LogP contribution in [0.1, 0.15) is 19.3 Å². The Kier molecular flexibility index (Phi) is 5.12. The summed E-state index contributed by atoms with van der Waals surface area (Å²) in [7, 11) is 0. The minimum absolute atomic E-state index is 0.126. The second-order valence-electron chi connectivity index (χ2n) is 4.57. The standard InChI is InChI=1S/C14H16ClN3O2/c15-11-6-7-16-12(10-11)17-13(19)4-5-14(20)18-8-2-1-3-9-18/h4-7,10H,1-3,8-9H2,(H,16,17,19). The second kappa shape index (κ2) is 7.05. The van der Waals surface area contributed by atoms with Crippen molar-refractivity contribution in [1.29, 1.82) is 0 Å². The number of piperidine rings is 1. The van der Waals surface area contributed by atoms with Crippen LogP contribution in [0.5, 0.6) is 0 Å². The Morgan fingerprint density at radius 2 is 2.00 bits per heavy atom. The molecule has 6 heteroatoms. The first-order valence-corrected chi connectivity index (χ1v) is 6.92. The Labute approximate surface area is 122 Å². The highest BCUT2D eigenvalue weighted by Crippen LogP contribution is 2.12. The molecule has 1 aliphatic rings. The van der Waals surface area contributed by atoms with Gasteiger partial charge in [0.2, 0.25) is 11.8 Å². The summed E-state index contributed by atoms with van der Waals surface area (Å²) in [5, 5.41) is 3.04. The van der Waals surface area contributed by atoms with Gasteiger partial charge in [0.1, 0.15) is 5.82 Å². The van der Waals surface area contributed by atoms with Gasteiger partial charge in [-0.1, -0.05) is 11.6 Å². The highest BCUT2D eigenvalue weighted by Gasteiger charge is 2.14. The van der Waals surface area contributed by atoms with E-state index in [-0.39, 0.29) is 5.91 Å². The summed E-state index contributed by atoms with van der Waals surface area (Å²) in [6.07, 6.45) is 7.23. The Morgan fingerprint density at radius 3 is 2.70 bits per heavy atom. The first-order valence-electron chi connectivity index (χ1n) is 6.55. The van der Waals surface area contributed by atoms with Gasteiger partial charge in [0.05, 0.1) is 0 Å². The number of rotatable bonds is 3. The third-order valence-corrected chi connectivity index (χ3v) is 3.25. The van der Waals surface area contributed by atoms with E-state index in [2.05, 4.69) is 10.3 Å². The Hall–Kier alpha value is -1.88. The molecule has 1 N–H and O–H groups in total. The van der Waals surface area contributed by atoms with Crippen LogP contribution in [0.2, 0.25) is 5.02 Å². The number of carbonyl (C=O) groups is 2. The Bertz CT molecular complexity index is 525. The van der Waals surface area contributed by atoms with Crippen molar-refractivity contribution in [2.75, 3.05) is 18.4 Å². The van der Waals surface area contributed by atoms with E-state index in [0.717, 1.165) is 32.4 Å². The highest BCUT2D eigenvalue weighted by molar-refractivity contribution is 6.30. The van der Waals surface area contributed by atoms with Crippen LogP contribution in [0.15, 0.2) is 30.5 Å². The van der Waals surface area contributed by atoms with Crippen LogP contribution in [0.3, 0.4) is 0 Å². The van der Waals surface area contributed by atoms with Crippen LogP contribution in [0.4, 0.5) is 5.82 Å². The minimum atomic E-state index is -0.398. The van der Waals surface area contributed by atoms with Crippen LogP contribution in [-0.2, 0) is 9.59 Å². The molecule has 1 saturated heterocycles. The van der Waals surface area contributed by atoms with Gasteiger partial charge in [0.25, 0.3) is 0 Å².